The summed E-state index contributed by atoms with van der Waals surface area (Å²) in [6, 6.07) is 0. The average Bonchev–Trinajstić information content (AvgIpc) is 2.58. The van der Waals surface area contributed by atoms with Gasteiger partial charge >= 0.3 is 0 Å². The van der Waals surface area contributed by atoms with Crippen LogP contribution >= 0.6 is 11.5 Å². The summed E-state index contributed by atoms with van der Waals surface area (Å²) in [6.07, 6.45) is 0.944. The molecular formula is C10H18N4OS. The van der Waals surface area contributed by atoms with Crippen LogP contribution in [-0.4, -0.2) is 22.9 Å². The fourth-order valence-electron chi connectivity index (χ4n) is 1.27. The zero-order valence-corrected chi connectivity index (χ0v) is 10.9. The summed E-state index contributed by atoms with van der Waals surface area (Å²) in [5, 5.41) is 0.733. The number of primary amides is 1. The Labute approximate surface area is 99.6 Å². The highest BCUT2D eigenvalue weighted by atomic mass is 32.1. The molecule has 1 amide bonds. The number of nitrogen functional groups attached to an aromatic ring is 1. The first kappa shape index (κ1) is 12.8. The topological polar surface area (TPSA) is 85.2 Å². The van der Waals surface area contributed by atoms with E-state index in [1.165, 1.54) is 11.5 Å². The van der Waals surface area contributed by atoms with Crippen molar-refractivity contribution in [3.05, 3.63) is 5.56 Å². The van der Waals surface area contributed by atoms with E-state index in [2.05, 4.69) is 25.1 Å². The van der Waals surface area contributed by atoms with E-state index < -0.39 is 5.91 Å². The fraction of sp³-hybridized carbons (Fsp3) is 0.600. The third-order valence-electron chi connectivity index (χ3n) is 3.02. The van der Waals surface area contributed by atoms with Crippen LogP contribution in [0.1, 0.15) is 37.6 Å². The lowest BCUT2D eigenvalue weighted by Crippen LogP contribution is -2.41. The average molecular weight is 242 g/mol. The Kier molecular flexibility index (Phi) is 3.42. The maximum atomic E-state index is 11.3. The van der Waals surface area contributed by atoms with Crippen molar-refractivity contribution in [3.8, 4) is 0 Å². The van der Waals surface area contributed by atoms with Gasteiger partial charge in [0.15, 0.2) is 5.82 Å². The van der Waals surface area contributed by atoms with Crippen molar-refractivity contribution in [1.82, 2.24) is 4.37 Å². The lowest BCUT2D eigenvalue weighted by molar-refractivity contribution is 0.100. The molecule has 0 bridgehead atoms. The van der Waals surface area contributed by atoms with Gasteiger partial charge in [-0.05, 0) is 31.8 Å². The minimum Gasteiger partial charge on any atom is -0.382 e. The number of amides is 1. The molecule has 16 heavy (non-hydrogen) atoms. The van der Waals surface area contributed by atoms with Crippen molar-refractivity contribution in [2.75, 3.05) is 17.7 Å². The van der Waals surface area contributed by atoms with E-state index >= 15 is 0 Å². The van der Waals surface area contributed by atoms with Crippen LogP contribution in [0.4, 0.5) is 10.8 Å². The van der Waals surface area contributed by atoms with Crippen LogP contribution in [0, 0.1) is 0 Å². The van der Waals surface area contributed by atoms with Crippen molar-refractivity contribution < 1.29 is 4.79 Å². The van der Waals surface area contributed by atoms with Gasteiger partial charge in [-0.1, -0.05) is 6.92 Å². The summed E-state index contributed by atoms with van der Waals surface area (Å²) in [7, 11) is 1.92. The lowest BCUT2D eigenvalue weighted by Gasteiger charge is -2.35. The van der Waals surface area contributed by atoms with Gasteiger partial charge in [0.05, 0.1) is 0 Å². The van der Waals surface area contributed by atoms with Crippen molar-refractivity contribution in [2.45, 2.75) is 32.7 Å². The highest BCUT2D eigenvalue weighted by Gasteiger charge is 2.28. The Bertz CT molecular complexity index is 400. The van der Waals surface area contributed by atoms with Crippen molar-refractivity contribution in [3.63, 3.8) is 0 Å². The predicted molar refractivity (Wildman–Crippen MR) is 67.8 cm³/mol. The van der Waals surface area contributed by atoms with E-state index in [9.17, 15) is 4.79 Å². The summed E-state index contributed by atoms with van der Waals surface area (Å²) < 4.78 is 3.98. The number of rotatable bonds is 4. The van der Waals surface area contributed by atoms with E-state index in [4.69, 9.17) is 11.5 Å². The van der Waals surface area contributed by atoms with Gasteiger partial charge in [-0.2, -0.15) is 4.37 Å². The number of aromatic nitrogens is 1. The Morgan fingerprint density at radius 2 is 2.12 bits per heavy atom. The van der Waals surface area contributed by atoms with Crippen molar-refractivity contribution in [2.24, 2.45) is 5.73 Å². The van der Waals surface area contributed by atoms with E-state index in [0.29, 0.717) is 5.56 Å². The van der Waals surface area contributed by atoms with Gasteiger partial charge in [-0.15, -0.1) is 0 Å². The normalized spacial score (nSPS) is 11.5. The van der Waals surface area contributed by atoms with Crippen LogP contribution in [0.15, 0.2) is 0 Å². The Hall–Kier alpha value is -1.30. The monoisotopic (exact) mass is 242 g/mol. The highest BCUT2D eigenvalue weighted by molar-refractivity contribution is 7.11. The molecule has 0 aliphatic rings. The Morgan fingerprint density at radius 3 is 2.56 bits per heavy atom. The quantitative estimate of drug-likeness (QED) is 0.836. The number of carbonyl (C=O) groups is 1. The van der Waals surface area contributed by atoms with Crippen LogP contribution in [0.5, 0.6) is 0 Å². The first-order valence-electron chi connectivity index (χ1n) is 5.10. The van der Waals surface area contributed by atoms with Gasteiger partial charge in [0.25, 0.3) is 5.91 Å². The minimum atomic E-state index is -0.528. The van der Waals surface area contributed by atoms with Gasteiger partial charge in [0.2, 0.25) is 0 Å². The number of hydrogen-bond acceptors (Lipinski definition) is 5. The van der Waals surface area contributed by atoms with Crippen molar-refractivity contribution in [1.29, 1.82) is 0 Å². The summed E-state index contributed by atoms with van der Waals surface area (Å²) >= 11 is 1.20. The van der Waals surface area contributed by atoms with Gasteiger partial charge in [0.1, 0.15) is 10.6 Å². The van der Waals surface area contributed by atoms with E-state index in [-0.39, 0.29) is 11.4 Å². The van der Waals surface area contributed by atoms with Crippen molar-refractivity contribution >= 4 is 28.3 Å². The van der Waals surface area contributed by atoms with Gasteiger partial charge in [-0.25, -0.2) is 0 Å². The molecule has 0 spiro atoms. The molecule has 5 nitrogen and oxygen atoms in total. The molecule has 1 aromatic heterocycles. The molecule has 1 heterocycles. The van der Waals surface area contributed by atoms with Crippen LogP contribution in [0.3, 0.4) is 0 Å². The summed E-state index contributed by atoms with van der Waals surface area (Å²) in [5.74, 6) is -0.314. The molecule has 6 heteroatoms. The molecule has 1 rings (SSSR count). The predicted octanol–water partition coefficient (Wildman–Crippen LogP) is 1.45. The fourth-order valence-corrected chi connectivity index (χ4v) is 2.21. The first-order valence-corrected chi connectivity index (χ1v) is 5.87. The van der Waals surface area contributed by atoms with E-state index in [1.54, 1.807) is 0 Å². The summed E-state index contributed by atoms with van der Waals surface area (Å²) in [4.78, 5) is 13.3. The van der Waals surface area contributed by atoms with Crippen LogP contribution < -0.4 is 16.4 Å². The molecule has 0 aliphatic carbocycles. The SMILES string of the molecule is CCC(C)(C)N(C)c1snc(N)c1C(N)=O. The van der Waals surface area contributed by atoms with Gasteiger partial charge < -0.3 is 16.4 Å². The van der Waals surface area contributed by atoms with Crippen LogP contribution in [0.2, 0.25) is 0 Å². The number of nitrogens with two attached hydrogens (primary N) is 2. The molecule has 0 radical (unpaired) electrons. The molecule has 0 saturated heterocycles. The molecule has 0 aromatic carbocycles. The molecule has 0 unspecified atom stereocenters. The second-order valence-electron chi connectivity index (χ2n) is 4.34. The lowest BCUT2D eigenvalue weighted by atomic mass is 10.00. The second kappa shape index (κ2) is 4.29. The molecular weight excluding hydrogens is 224 g/mol. The zero-order chi connectivity index (χ0) is 12.5. The Balaban J connectivity index is 3.19. The third-order valence-corrected chi connectivity index (χ3v) is 3.96. The Morgan fingerprint density at radius 1 is 1.56 bits per heavy atom. The number of carbonyl (C=O) groups excluding carboxylic acids is 1. The molecule has 4 N–H and O–H groups in total. The number of nitrogens with zero attached hydrogens (tertiary/aromatic N) is 2. The standard InChI is InChI=1S/C10H18N4OS/c1-5-10(2,3)14(4)9-6(8(12)15)7(11)13-16-9/h5H2,1-4H3,(H2,11,13)(H2,12,15). The van der Waals surface area contributed by atoms with E-state index in [0.717, 1.165) is 11.4 Å². The van der Waals surface area contributed by atoms with Gasteiger partial charge in [-0.3, -0.25) is 4.79 Å². The number of hydrogen-bond donors (Lipinski definition) is 2. The second-order valence-corrected chi connectivity index (χ2v) is 5.09. The minimum absolute atomic E-state index is 0.0663. The highest BCUT2D eigenvalue weighted by Crippen LogP contribution is 2.34. The summed E-state index contributed by atoms with van der Waals surface area (Å²) in [5.41, 5.74) is 11.2. The van der Waals surface area contributed by atoms with E-state index in [1.807, 2.05) is 11.9 Å². The molecule has 0 aliphatic heterocycles. The zero-order valence-electron chi connectivity index (χ0n) is 10.1. The molecule has 0 atom stereocenters. The van der Waals surface area contributed by atoms with Crippen LogP contribution in [-0.2, 0) is 0 Å². The molecule has 1 aromatic rings. The maximum absolute atomic E-state index is 11.3. The smallest absolute Gasteiger partial charge is 0.255 e. The maximum Gasteiger partial charge on any atom is 0.255 e. The molecule has 90 valence electrons. The number of anilines is 2. The first-order chi connectivity index (χ1) is 7.31. The van der Waals surface area contributed by atoms with Gasteiger partial charge in [0, 0.05) is 12.6 Å². The summed E-state index contributed by atoms with van der Waals surface area (Å²) in [6.45, 7) is 6.27. The van der Waals surface area contributed by atoms with Crippen LogP contribution in [0.25, 0.3) is 0 Å². The largest absolute Gasteiger partial charge is 0.382 e. The molecule has 0 fully saturated rings. The molecule has 0 saturated carbocycles. The third kappa shape index (κ3) is 2.11.